The molecule has 2 rings (SSSR count). The van der Waals surface area contributed by atoms with Crippen molar-refractivity contribution in [2.45, 2.75) is 27.3 Å². The molecule has 0 unspecified atom stereocenters. The Morgan fingerprint density at radius 3 is 2.70 bits per heavy atom. The van der Waals surface area contributed by atoms with E-state index in [-0.39, 0.29) is 18.3 Å². The number of nitrogens with one attached hydrogen (secondary N) is 1. The smallest absolute Gasteiger partial charge is 0.358 e. The maximum absolute atomic E-state index is 13.5. The Morgan fingerprint density at radius 2 is 2.13 bits per heavy atom. The number of hydrogen-bond acceptors (Lipinski definition) is 4. The van der Waals surface area contributed by atoms with Crippen molar-refractivity contribution in [2.75, 3.05) is 5.32 Å². The summed E-state index contributed by atoms with van der Waals surface area (Å²) in [4.78, 5) is 22.3. The van der Waals surface area contributed by atoms with Crippen molar-refractivity contribution in [3.8, 4) is 0 Å². The number of nitrogens with zero attached hydrogens (tertiary/aromatic N) is 3. The molecular formula is C15H17FN4O3. The van der Waals surface area contributed by atoms with Gasteiger partial charge in [0.15, 0.2) is 0 Å². The van der Waals surface area contributed by atoms with Crippen LogP contribution < -0.4 is 5.32 Å². The average Bonchev–Trinajstić information content (AvgIpc) is 2.84. The Labute approximate surface area is 132 Å². The molecule has 1 N–H and O–H groups in total. The second-order valence-corrected chi connectivity index (χ2v) is 5.44. The number of benzene rings is 1. The van der Waals surface area contributed by atoms with Crippen LogP contribution in [0.5, 0.6) is 0 Å². The first kappa shape index (κ1) is 16.6. The molecule has 1 aromatic heterocycles. The summed E-state index contributed by atoms with van der Waals surface area (Å²) in [5, 5.41) is 17.2. The molecule has 8 heteroatoms. The van der Waals surface area contributed by atoms with Crippen molar-refractivity contribution in [1.29, 1.82) is 0 Å². The van der Waals surface area contributed by atoms with Crippen molar-refractivity contribution in [3.63, 3.8) is 0 Å². The minimum atomic E-state index is -0.580. The first-order valence-corrected chi connectivity index (χ1v) is 7.03. The summed E-state index contributed by atoms with van der Waals surface area (Å²) in [7, 11) is 0. The van der Waals surface area contributed by atoms with Gasteiger partial charge in [0.05, 0.1) is 29.3 Å². The van der Waals surface area contributed by atoms with Crippen molar-refractivity contribution in [2.24, 2.45) is 5.92 Å². The number of amides is 1. The highest BCUT2D eigenvalue weighted by Gasteiger charge is 2.20. The van der Waals surface area contributed by atoms with Crippen LogP contribution in [0.15, 0.2) is 24.3 Å². The van der Waals surface area contributed by atoms with Gasteiger partial charge in [0, 0.05) is 5.69 Å². The largest absolute Gasteiger partial charge is 0.390 e. The lowest BCUT2D eigenvalue weighted by molar-refractivity contribution is -0.389. The normalized spacial score (nSPS) is 12.0. The highest BCUT2D eigenvalue weighted by molar-refractivity contribution is 5.92. The van der Waals surface area contributed by atoms with Crippen LogP contribution in [0, 0.1) is 35.7 Å². The van der Waals surface area contributed by atoms with Gasteiger partial charge in [-0.1, -0.05) is 13.0 Å². The monoisotopic (exact) mass is 320 g/mol. The van der Waals surface area contributed by atoms with E-state index in [4.69, 9.17) is 0 Å². The molecule has 0 radical (unpaired) electrons. The number of aryl methyl sites for hydroxylation is 2. The Hall–Kier alpha value is -2.77. The first-order valence-electron chi connectivity index (χ1n) is 7.03. The summed E-state index contributed by atoms with van der Waals surface area (Å²) in [6.07, 6.45) is 0. The van der Waals surface area contributed by atoms with Gasteiger partial charge in [0.25, 0.3) is 0 Å². The van der Waals surface area contributed by atoms with Gasteiger partial charge < -0.3 is 15.4 Å². The Balaban J connectivity index is 2.05. The number of halogens is 1. The number of rotatable bonds is 5. The van der Waals surface area contributed by atoms with Gasteiger partial charge in [-0.25, -0.2) is 4.39 Å². The van der Waals surface area contributed by atoms with Gasteiger partial charge in [-0.15, -0.1) is 0 Å². The maximum atomic E-state index is 13.5. The SMILES string of the molecule is Cc1ccc(NC(=O)[C@@H](C)Cn2nc([N+](=O)[O-])cc2C)cc1F. The molecule has 7 nitrogen and oxygen atoms in total. The van der Waals surface area contributed by atoms with Crippen LogP contribution in [0.1, 0.15) is 18.2 Å². The molecule has 0 aliphatic heterocycles. The highest BCUT2D eigenvalue weighted by atomic mass is 19.1. The summed E-state index contributed by atoms with van der Waals surface area (Å²) in [5.41, 5.74) is 1.46. The zero-order chi connectivity index (χ0) is 17.1. The first-order chi connectivity index (χ1) is 10.8. The molecule has 2 aromatic rings. The van der Waals surface area contributed by atoms with E-state index < -0.39 is 16.7 Å². The van der Waals surface area contributed by atoms with Crippen molar-refractivity contribution in [3.05, 3.63) is 51.5 Å². The summed E-state index contributed by atoms with van der Waals surface area (Å²) < 4.78 is 14.9. The number of nitro groups is 1. The average molecular weight is 320 g/mol. The third-order valence-corrected chi connectivity index (χ3v) is 3.49. The predicted molar refractivity (Wildman–Crippen MR) is 82.5 cm³/mol. The number of anilines is 1. The van der Waals surface area contributed by atoms with Gasteiger partial charge >= 0.3 is 5.82 Å². The van der Waals surface area contributed by atoms with E-state index >= 15 is 0 Å². The molecule has 23 heavy (non-hydrogen) atoms. The predicted octanol–water partition coefficient (Wildman–Crippen LogP) is 2.82. The van der Waals surface area contributed by atoms with E-state index in [9.17, 15) is 19.3 Å². The molecule has 0 aliphatic carbocycles. The fourth-order valence-electron chi connectivity index (χ4n) is 2.05. The number of carbonyl (C=O) groups excluding carboxylic acids is 1. The van der Waals surface area contributed by atoms with Gasteiger partial charge in [0.1, 0.15) is 5.82 Å². The topological polar surface area (TPSA) is 90.1 Å². The quantitative estimate of drug-likeness (QED) is 0.677. The molecule has 0 spiro atoms. The fourth-order valence-corrected chi connectivity index (χ4v) is 2.05. The molecule has 0 saturated heterocycles. The third kappa shape index (κ3) is 3.91. The molecule has 1 aromatic carbocycles. The Bertz CT molecular complexity index is 757. The van der Waals surface area contributed by atoms with Gasteiger partial charge in [-0.3, -0.25) is 4.79 Å². The van der Waals surface area contributed by atoms with E-state index in [1.807, 2.05) is 0 Å². The molecule has 0 bridgehead atoms. The van der Waals surface area contributed by atoms with Gasteiger partial charge in [-0.2, -0.15) is 4.68 Å². The Kier molecular flexibility index (Phi) is 4.73. The molecule has 1 atom stereocenters. The van der Waals surface area contributed by atoms with E-state index in [0.29, 0.717) is 16.9 Å². The lowest BCUT2D eigenvalue weighted by atomic mass is 10.1. The molecule has 122 valence electrons. The highest BCUT2D eigenvalue weighted by Crippen LogP contribution is 2.16. The molecule has 0 aliphatic rings. The van der Waals surface area contributed by atoms with Crippen LogP contribution in [0.25, 0.3) is 0 Å². The van der Waals surface area contributed by atoms with Crippen LogP contribution in [0.4, 0.5) is 15.9 Å². The summed E-state index contributed by atoms with van der Waals surface area (Å²) in [5.74, 6) is -1.45. The summed E-state index contributed by atoms with van der Waals surface area (Å²) in [6, 6.07) is 5.80. The van der Waals surface area contributed by atoms with E-state index in [1.54, 1.807) is 32.9 Å². The number of aromatic nitrogens is 2. The van der Waals surface area contributed by atoms with Crippen LogP contribution in [-0.2, 0) is 11.3 Å². The van der Waals surface area contributed by atoms with E-state index in [2.05, 4.69) is 10.4 Å². The second kappa shape index (κ2) is 6.55. The van der Waals surface area contributed by atoms with Crippen LogP contribution in [-0.4, -0.2) is 20.6 Å². The lowest BCUT2D eigenvalue weighted by Gasteiger charge is -2.12. The summed E-state index contributed by atoms with van der Waals surface area (Å²) >= 11 is 0. The molecular weight excluding hydrogens is 303 g/mol. The summed E-state index contributed by atoms with van der Waals surface area (Å²) in [6.45, 7) is 5.18. The van der Waals surface area contributed by atoms with E-state index in [0.717, 1.165) is 0 Å². The zero-order valence-corrected chi connectivity index (χ0v) is 13.0. The third-order valence-electron chi connectivity index (χ3n) is 3.49. The van der Waals surface area contributed by atoms with Crippen molar-refractivity contribution < 1.29 is 14.1 Å². The zero-order valence-electron chi connectivity index (χ0n) is 13.0. The van der Waals surface area contributed by atoms with Crippen molar-refractivity contribution >= 4 is 17.4 Å². The number of carbonyl (C=O) groups is 1. The second-order valence-electron chi connectivity index (χ2n) is 5.44. The van der Waals surface area contributed by atoms with Crippen LogP contribution in [0.3, 0.4) is 0 Å². The van der Waals surface area contributed by atoms with Crippen molar-refractivity contribution in [1.82, 2.24) is 9.78 Å². The van der Waals surface area contributed by atoms with Gasteiger partial charge in [0.2, 0.25) is 5.91 Å². The maximum Gasteiger partial charge on any atom is 0.390 e. The van der Waals surface area contributed by atoms with Gasteiger partial charge in [-0.05, 0) is 36.5 Å². The molecule has 1 amide bonds. The fraction of sp³-hybridized carbons (Fsp3) is 0.333. The lowest BCUT2D eigenvalue weighted by Crippen LogP contribution is -2.25. The Morgan fingerprint density at radius 1 is 1.43 bits per heavy atom. The van der Waals surface area contributed by atoms with E-state index in [1.165, 1.54) is 16.8 Å². The minimum absolute atomic E-state index is 0.194. The number of hydrogen-bond donors (Lipinski definition) is 1. The molecule has 0 fully saturated rings. The standard InChI is InChI=1S/C15H17FN4O3/c1-9-4-5-12(7-13(9)16)17-15(21)10(2)8-19-11(3)6-14(18-19)20(22)23/h4-7,10H,8H2,1-3H3,(H,17,21)/t10-/m0/s1. The van der Waals surface area contributed by atoms with Crippen LogP contribution >= 0.6 is 0 Å². The molecule has 0 saturated carbocycles. The van der Waals surface area contributed by atoms with Crippen LogP contribution in [0.2, 0.25) is 0 Å². The molecule has 1 heterocycles. The minimum Gasteiger partial charge on any atom is -0.358 e.